The number of amides is 2. The van der Waals surface area contributed by atoms with Crippen LogP contribution < -0.4 is 10.6 Å². The van der Waals surface area contributed by atoms with Crippen LogP contribution in [0.2, 0.25) is 0 Å². The lowest BCUT2D eigenvalue weighted by molar-refractivity contribution is -0.0215. The van der Waals surface area contributed by atoms with Crippen molar-refractivity contribution in [2.75, 3.05) is 13.1 Å². The number of likely N-dealkylation sites (tertiary alicyclic amines) is 1. The Kier molecular flexibility index (Phi) is 7.49. The lowest BCUT2D eigenvalue weighted by atomic mass is 9.74. The molecule has 1 unspecified atom stereocenters. The van der Waals surface area contributed by atoms with E-state index < -0.39 is 17.2 Å². The zero-order chi connectivity index (χ0) is 24.4. The van der Waals surface area contributed by atoms with Gasteiger partial charge in [0, 0.05) is 40.3 Å². The van der Waals surface area contributed by atoms with Crippen molar-refractivity contribution < 1.29 is 13.6 Å². The molecular weight excluding hydrogens is 442 g/mol. The first-order chi connectivity index (χ1) is 15.3. The van der Waals surface area contributed by atoms with Crippen LogP contribution in [0.25, 0.3) is 0 Å². The predicted octanol–water partition coefficient (Wildman–Crippen LogP) is 5.54. The minimum Gasteiger partial charge on any atom is -0.336 e. The molecule has 2 amide bonds. The van der Waals surface area contributed by atoms with Gasteiger partial charge < -0.3 is 10.6 Å². The van der Waals surface area contributed by atoms with Crippen LogP contribution in [0, 0.1) is 17.5 Å². The molecule has 5 nitrogen and oxygen atoms in total. The molecule has 3 rings (SSSR count). The van der Waals surface area contributed by atoms with Gasteiger partial charge in [-0.3, -0.25) is 9.88 Å². The van der Waals surface area contributed by atoms with E-state index in [-0.39, 0.29) is 16.7 Å². The van der Waals surface area contributed by atoms with E-state index in [4.69, 9.17) is 0 Å². The highest BCUT2D eigenvalue weighted by Gasteiger charge is 2.55. The molecule has 2 aromatic rings. The number of aryl methyl sites for hydroxylation is 2. The highest BCUT2D eigenvalue weighted by molar-refractivity contribution is 7.10. The first kappa shape index (κ1) is 25.6. The van der Waals surface area contributed by atoms with Crippen LogP contribution in [0.15, 0.2) is 30.5 Å². The molecule has 1 fully saturated rings. The summed E-state index contributed by atoms with van der Waals surface area (Å²) in [5, 5.41) is 5.10. The number of hydrogen-bond acceptors (Lipinski definition) is 4. The fourth-order valence-electron chi connectivity index (χ4n) is 4.68. The fraction of sp³-hybridized carbons (Fsp3) is 0.600. The summed E-state index contributed by atoms with van der Waals surface area (Å²) >= 11 is 1.10. The van der Waals surface area contributed by atoms with E-state index in [1.165, 1.54) is 13.0 Å². The fourth-order valence-corrected chi connectivity index (χ4v) is 5.40. The number of aromatic nitrogens is 1. The molecule has 0 saturated carbocycles. The summed E-state index contributed by atoms with van der Waals surface area (Å²) in [5.41, 5.74) is 0.839. The highest BCUT2D eigenvalue weighted by atomic mass is 32.1. The first-order valence-electron chi connectivity index (χ1n) is 11.5. The van der Waals surface area contributed by atoms with Gasteiger partial charge in [0.15, 0.2) is 10.9 Å². The van der Waals surface area contributed by atoms with E-state index >= 15 is 4.39 Å². The Morgan fingerprint density at radius 2 is 2.00 bits per heavy atom. The summed E-state index contributed by atoms with van der Waals surface area (Å²) in [4.78, 5) is 20.0. The largest absolute Gasteiger partial charge is 0.336 e. The molecule has 2 atom stereocenters. The smallest absolute Gasteiger partial charge is 0.317 e. The Bertz CT molecular complexity index is 958. The number of pyridine rings is 1. The normalized spacial score (nSPS) is 21.2. The maximum atomic E-state index is 16.4. The molecule has 182 valence electrons. The standard InChI is InChI=1S/C25H36F2N4OS/c1-17(2)29-22(32)30-24(6,27)25(12-11-20-9-10-21(26)33-20)13-14-31(16-25)23(4,5)19-8-7-18(3)28-15-19/h7-10,15,17H,11-14,16H2,1-6H3,(H2,29,30,32)/t24?,25-/m1/s1. The molecule has 33 heavy (non-hydrogen) atoms. The molecule has 1 saturated heterocycles. The second kappa shape index (κ2) is 9.66. The molecular formula is C25H36F2N4OS. The van der Waals surface area contributed by atoms with Gasteiger partial charge in [-0.15, -0.1) is 11.3 Å². The van der Waals surface area contributed by atoms with Gasteiger partial charge in [0.05, 0.1) is 0 Å². The van der Waals surface area contributed by atoms with E-state index in [1.807, 2.05) is 33.0 Å². The molecule has 2 aromatic heterocycles. The Morgan fingerprint density at radius 3 is 2.58 bits per heavy atom. The number of halogens is 2. The van der Waals surface area contributed by atoms with E-state index in [2.05, 4.69) is 40.4 Å². The molecule has 0 radical (unpaired) electrons. The molecule has 0 spiro atoms. The molecule has 0 bridgehead atoms. The zero-order valence-electron chi connectivity index (χ0n) is 20.5. The number of carbonyl (C=O) groups is 1. The number of nitrogens with zero attached hydrogens (tertiary/aromatic N) is 2. The molecule has 3 heterocycles. The van der Waals surface area contributed by atoms with Crippen molar-refractivity contribution in [1.29, 1.82) is 0 Å². The van der Waals surface area contributed by atoms with Crippen LogP contribution in [0.5, 0.6) is 0 Å². The third-order valence-corrected chi connectivity index (χ3v) is 7.94. The molecule has 8 heteroatoms. The summed E-state index contributed by atoms with van der Waals surface area (Å²) in [7, 11) is 0. The van der Waals surface area contributed by atoms with E-state index in [0.717, 1.165) is 27.5 Å². The van der Waals surface area contributed by atoms with Crippen molar-refractivity contribution >= 4 is 17.4 Å². The number of nitrogens with one attached hydrogen (secondary N) is 2. The second-order valence-corrected chi connectivity index (χ2v) is 11.3. The monoisotopic (exact) mass is 478 g/mol. The number of urea groups is 1. The molecule has 0 aliphatic carbocycles. The van der Waals surface area contributed by atoms with Crippen LogP contribution in [-0.2, 0) is 12.0 Å². The minimum absolute atomic E-state index is 0.0982. The van der Waals surface area contributed by atoms with Crippen molar-refractivity contribution in [2.24, 2.45) is 5.41 Å². The van der Waals surface area contributed by atoms with Crippen molar-refractivity contribution in [1.82, 2.24) is 20.5 Å². The number of hydrogen-bond donors (Lipinski definition) is 2. The predicted molar refractivity (Wildman–Crippen MR) is 130 cm³/mol. The van der Waals surface area contributed by atoms with Gasteiger partial charge >= 0.3 is 6.03 Å². The number of rotatable bonds is 8. The zero-order valence-corrected chi connectivity index (χ0v) is 21.3. The van der Waals surface area contributed by atoms with Crippen LogP contribution in [-0.4, -0.2) is 40.8 Å². The van der Waals surface area contributed by atoms with Crippen LogP contribution >= 0.6 is 11.3 Å². The summed E-state index contributed by atoms with van der Waals surface area (Å²) in [6.07, 6.45) is 3.52. The summed E-state index contributed by atoms with van der Waals surface area (Å²) in [5.74, 6) is -1.95. The molecule has 1 aliphatic heterocycles. The van der Waals surface area contributed by atoms with Gasteiger partial charge in [0.2, 0.25) is 0 Å². The maximum absolute atomic E-state index is 16.4. The minimum atomic E-state index is -1.95. The van der Waals surface area contributed by atoms with Gasteiger partial charge in [0.25, 0.3) is 0 Å². The third kappa shape index (κ3) is 5.72. The Balaban J connectivity index is 1.87. The van der Waals surface area contributed by atoms with Crippen molar-refractivity contribution in [3.05, 3.63) is 51.7 Å². The average molecular weight is 479 g/mol. The Labute approximate surface area is 200 Å². The van der Waals surface area contributed by atoms with E-state index in [1.54, 1.807) is 6.07 Å². The summed E-state index contributed by atoms with van der Waals surface area (Å²) < 4.78 is 29.9. The van der Waals surface area contributed by atoms with Gasteiger partial charge in [-0.25, -0.2) is 9.18 Å². The van der Waals surface area contributed by atoms with Crippen molar-refractivity contribution in [3.63, 3.8) is 0 Å². The first-order valence-corrected chi connectivity index (χ1v) is 12.4. The second-order valence-electron chi connectivity index (χ2n) is 10.2. The topological polar surface area (TPSA) is 57.3 Å². The Hall–Kier alpha value is -2.06. The number of thiophene rings is 1. The van der Waals surface area contributed by atoms with Crippen molar-refractivity contribution in [3.8, 4) is 0 Å². The Morgan fingerprint density at radius 1 is 1.27 bits per heavy atom. The lowest BCUT2D eigenvalue weighted by Crippen LogP contribution is -2.59. The molecule has 1 aliphatic rings. The lowest BCUT2D eigenvalue weighted by Gasteiger charge is -2.43. The molecule has 2 N–H and O–H groups in total. The highest BCUT2D eigenvalue weighted by Crippen LogP contribution is 2.48. The van der Waals surface area contributed by atoms with Gasteiger partial charge in [-0.05, 0) is 91.1 Å². The van der Waals surface area contributed by atoms with Crippen LogP contribution in [0.4, 0.5) is 13.6 Å². The maximum Gasteiger partial charge on any atom is 0.317 e. The van der Waals surface area contributed by atoms with E-state index in [0.29, 0.717) is 32.4 Å². The van der Waals surface area contributed by atoms with Crippen LogP contribution in [0.1, 0.15) is 63.6 Å². The number of carbonyl (C=O) groups excluding carboxylic acids is 1. The summed E-state index contributed by atoms with van der Waals surface area (Å²) in [6.45, 7) is 12.5. The van der Waals surface area contributed by atoms with Gasteiger partial charge in [-0.2, -0.15) is 4.39 Å². The number of alkyl halides is 1. The van der Waals surface area contributed by atoms with E-state index in [9.17, 15) is 9.18 Å². The van der Waals surface area contributed by atoms with Gasteiger partial charge in [-0.1, -0.05) is 6.07 Å². The quantitative estimate of drug-likeness (QED) is 0.490. The van der Waals surface area contributed by atoms with Gasteiger partial charge in [0.1, 0.15) is 0 Å². The molecule has 0 aromatic carbocycles. The SMILES string of the molecule is Cc1ccc(C(C)(C)N2CC[C@@](CCc3ccc(F)s3)(C(C)(F)NC(=O)NC(C)C)C2)cn1. The third-order valence-electron chi connectivity index (χ3n) is 7.00. The van der Waals surface area contributed by atoms with Crippen LogP contribution in [0.3, 0.4) is 0 Å². The average Bonchev–Trinajstić information content (AvgIpc) is 3.33. The van der Waals surface area contributed by atoms with Crippen molar-refractivity contribution in [2.45, 2.75) is 78.2 Å². The summed E-state index contributed by atoms with van der Waals surface area (Å²) in [6, 6.07) is 6.65.